The summed E-state index contributed by atoms with van der Waals surface area (Å²) in [5.74, 6) is -0.557. The molecule has 0 saturated carbocycles. The van der Waals surface area contributed by atoms with Crippen molar-refractivity contribution >= 4 is 0 Å². The van der Waals surface area contributed by atoms with Crippen molar-refractivity contribution in [1.29, 1.82) is 0 Å². The van der Waals surface area contributed by atoms with Gasteiger partial charge in [0.15, 0.2) is 5.79 Å². The third-order valence-electron chi connectivity index (χ3n) is 2.00. The summed E-state index contributed by atoms with van der Waals surface area (Å²) in [5.41, 5.74) is 5.78. The molecule has 84 valence electrons. The minimum absolute atomic E-state index is 0.458. The second kappa shape index (κ2) is 4.62. The normalized spacial score (nSPS) is 15.1. The van der Waals surface area contributed by atoms with Crippen molar-refractivity contribution in [3.05, 3.63) is 29.8 Å². The molecule has 1 rings (SSSR count). The molecule has 0 heterocycles. The zero-order valence-corrected chi connectivity index (χ0v) is 9.46. The lowest BCUT2D eigenvalue weighted by Crippen LogP contribution is -2.26. The van der Waals surface area contributed by atoms with Gasteiger partial charge in [0.05, 0.1) is 6.61 Å². The second-order valence-electron chi connectivity index (χ2n) is 4.30. The number of ether oxygens (including phenoxy) is 1. The van der Waals surface area contributed by atoms with Gasteiger partial charge in [0.25, 0.3) is 0 Å². The number of rotatable bonds is 4. The van der Waals surface area contributed by atoms with Crippen LogP contribution in [-0.4, -0.2) is 6.61 Å². The van der Waals surface area contributed by atoms with E-state index in [1.165, 1.54) is 6.92 Å². The summed E-state index contributed by atoms with van der Waals surface area (Å²) < 4.78 is 18.8. The molecule has 0 saturated heterocycles. The number of alkyl halides is 1. The molecule has 3 heteroatoms. The zero-order valence-electron chi connectivity index (χ0n) is 9.46. The number of halogens is 1. The Kier molecular flexibility index (Phi) is 3.69. The average molecular weight is 211 g/mol. The van der Waals surface area contributed by atoms with Crippen molar-refractivity contribution < 1.29 is 9.13 Å². The van der Waals surface area contributed by atoms with Crippen LogP contribution >= 0.6 is 0 Å². The molecule has 2 N–H and O–H groups in total. The summed E-state index contributed by atoms with van der Waals surface area (Å²) in [7, 11) is 0. The first-order chi connectivity index (χ1) is 6.89. The largest absolute Gasteiger partial charge is 0.493 e. The Labute approximate surface area is 90.2 Å². The van der Waals surface area contributed by atoms with Crippen LogP contribution in [-0.2, 0) is 5.79 Å². The van der Waals surface area contributed by atoms with E-state index < -0.39 is 5.79 Å². The maximum absolute atomic E-state index is 13.3. The molecule has 2 nitrogen and oxygen atoms in total. The fourth-order valence-corrected chi connectivity index (χ4v) is 1.14. The molecular formula is C12H18FNO. The molecule has 15 heavy (non-hydrogen) atoms. The van der Waals surface area contributed by atoms with Crippen LogP contribution in [0.1, 0.15) is 26.3 Å². The molecule has 0 bridgehead atoms. The Balaban J connectivity index is 2.65. The molecule has 0 aliphatic rings. The van der Waals surface area contributed by atoms with E-state index in [2.05, 4.69) is 13.8 Å². The van der Waals surface area contributed by atoms with Gasteiger partial charge in [-0.05, 0) is 25.0 Å². The molecule has 1 atom stereocenters. The van der Waals surface area contributed by atoms with Crippen molar-refractivity contribution in [2.45, 2.75) is 26.6 Å². The predicted octanol–water partition coefficient (Wildman–Crippen LogP) is 2.82. The van der Waals surface area contributed by atoms with Crippen LogP contribution in [0.3, 0.4) is 0 Å². The molecule has 0 spiro atoms. The summed E-state index contributed by atoms with van der Waals surface area (Å²) in [6.45, 7) is 6.14. The van der Waals surface area contributed by atoms with Crippen LogP contribution in [0.2, 0.25) is 0 Å². The first-order valence-corrected chi connectivity index (χ1v) is 5.10. The van der Waals surface area contributed by atoms with E-state index in [9.17, 15) is 4.39 Å². The SMILES string of the molecule is CC(C)COc1ccc(C(C)(N)F)cc1. The van der Waals surface area contributed by atoms with Crippen molar-refractivity contribution in [1.82, 2.24) is 0 Å². The second-order valence-corrected chi connectivity index (χ2v) is 4.30. The fraction of sp³-hybridized carbons (Fsp3) is 0.500. The predicted molar refractivity (Wildman–Crippen MR) is 59.4 cm³/mol. The van der Waals surface area contributed by atoms with Crippen LogP contribution in [0.15, 0.2) is 24.3 Å². The Hall–Kier alpha value is -1.09. The summed E-state index contributed by atoms with van der Waals surface area (Å²) in [6, 6.07) is 6.77. The van der Waals surface area contributed by atoms with Gasteiger partial charge in [-0.25, -0.2) is 4.39 Å². The van der Waals surface area contributed by atoms with Gasteiger partial charge in [0.2, 0.25) is 0 Å². The van der Waals surface area contributed by atoms with Gasteiger partial charge in [0, 0.05) is 5.56 Å². The standard InChI is InChI=1S/C12H18FNO/c1-9(2)8-15-11-6-4-10(5-7-11)12(3,13)14/h4-7,9H,8,14H2,1-3H3. The first-order valence-electron chi connectivity index (χ1n) is 5.10. The van der Waals surface area contributed by atoms with E-state index in [1.807, 2.05) is 0 Å². The third-order valence-corrected chi connectivity index (χ3v) is 2.00. The van der Waals surface area contributed by atoms with Crippen LogP contribution < -0.4 is 10.5 Å². The van der Waals surface area contributed by atoms with Crippen LogP contribution in [0.5, 0.6) is 5.75 Å². The lowest BCUT2D eigenvalue weighted by atomic mass is 10.1. The number of nitrogens with two attached hydrogens (primary N) is 1. The Morgan fingerprint density at radius 1 is 1.33 bits per heavy atom. The number of hydrogen-bond acceptors (Lipinski definition) is 2. The lowest BCUT2D eigenvalue weighted by Gasteiger charge is -2.15. The monoisotopic (exact) mass is 211 g/mol. The van der Waals surface area contributed by atoms with Crippen molar-refractivity contribution in [2.75, 3.05) is 6.61 Å². The highest BCUT2D eigenvalue weighted by Crippen LogP contribution is 2.22. The van der Waals surface area contributed by atoms with Gasteiger partial charge in [0.1, 0.15) is 5.75 Å². The molecule has 0 aliphatic heterocycles. The maximum Gasteiger partial charge on any atom is 0.182 e. The van der Waals surface area contributed by atoms with E-state index in [0.717, 1.165) is 5.75 Å². The summed E-state index contributed by atoms with van der Waals surface area (Å²) in [5, 5.41) is 0. The Morgan fingerprint density at radius 2 is 1.87 bits per heavy atom. The minimum Gasteiger partial charge on any atom is -0.493 e. The Morgan fingerprint density at radius 3 is 2.27 bits per heavy atom. The summed E-state index contributed by atoms with van der Waals surface area (Å²) >= 11 is 0. The molecule has 1 unspecified atom stereocenters. The van der Waals surface area contributed by atoms with E-state index in [-0.39, 0.29) is 0 Å². The van der Waals surface area contributed by atoms with Crippen LogP contribution in [0.25, 0.3) is 0 Å². The van der Waals surface area contributed by atoms with Gasteiger partial charge in [-0.15, -0.1) is 0 Å². The first kappa shape index (κ1) is 12.0. The number of hydrogen-bond donors (Lipinski definition) is 1. The highest BCUT2D eigenvalue weighted by Gasteiger charge is 2.18. The molecule has 0 aliphatic carbocycles. The molecule has 0 radical (unpaired) electrons. The fourth-order valence-electron chi connectivity index (χ4n) is 1.14. The van der Waals surface area contributed by atoms with Gasteiger partial charge >= 0.3 is 0 Å². The van der Waals surface area contributed by atoms with Crippen LogP contribution in [0, 0.1) is 5.92 Å². The molecule has 1 aromatic rings. The van der Waals surface area contributed by atoms with Crippen LogP contribution in [0.4, 0.5) is 4.39 Å². The van der Waals surface area contributed by atoms with Crippen molar-refractivity contribution in [3.8, 4) is 5.75 Å². The maximum atomic E-state index is 13.3. The van der Waals surface area contributed by atoms with Crippen molar-refractivity contribution in [2.24, 2.45) is 11.7 Å². The van der Waals surface area contributed by atoms with E-state index in [4.69, 9.17) is 10.5 Å². The lowest BCUT2D eigenvalue weighted by molar-refractivity contribution is 0.203. The molecular weight excluding hydrogens is 193 g/mol. The molecule has 0 amide bonds. The van der Waals surface area contributed by atoms with E-state index in [0.29, 0.717) is 18.1 Å². The highest BCUT2D eigenvalue weighted by molar-refractivity contribution is 5.29. The van der Waals surface area contributed by atoms with Gasteiger partial charge < -0.3 is 4.74 Å². The molecule has 0 aromatic heterocycles. The van der Waals surface area contributed by atoms with Gasteiger partial charge in [-0.3, -0.25) is 5.73 Å². The molecule has 0 fully saturated rings. The van der Waals surface area contributed by atoms with Crippen molar-refractivity contribution in [3.63, 3.8) is 0 Å². The van der Waals surface area contributed by atoms with E-state index in [1.54, 1.807) is 24.3 Å². The number of benzene rings is 1. The quantitative estimate of drug-likeness (QED) is 0.777. The van der Waals surface area contributed by atoms with E-state index >= 15 is 0 Å². The summed E-state index contributed by atoms with van der Waals surface area (Å²) in [6.07, 6.45) is 0. The highest BCUT2D eigenvalue weighted by atomic mass is 19.1. The average Bonchev–Trinajstić information content (AvgIpc) is 2.14. The topological polar surface area (TPSA) is 35.2 Å². The zero-order chi connectivity index (χ0) is 11.5. The van der Waals surface area contributed by atoms with Gasteiger partial charge in [-0.2, -0.15) is 0 Å². The van der Waals surface area contributed by atoms with Gasteiger partial charge in [-0.1, -0.05) is 26.0 Å². The Bertz CT molecular complexity index is 300. The third kappa shape index (κ3) is 3.88. The summed E-state index contributed by atoms with van der Waals surface area (Å²) in [4.78, 5) is 0. The smallest absolute Gasteiger partial charge is 0.182 e. The minimum atomic E-state index is -1.78. The molecule has 1 aromatic carbocycles.